The third-order valence-electron chi connectivity index (χ3n) is 9.18. The van der Waals surface area contributed by atoms with Gasteiger partial charge in [0, 0.05) is 48.0 Å². The number of carbonyl (C=O) groups is 7. The van der Waals surface area contributed by atoms with Crippen LogP contribution in [0.25, 0.3) is 4.85 Å². The Kier molecular flexibility index (Phi) is 46.4. The zero-order valence-electron chi connectivity index (χ0n) is 46.8. The second-order valence-corrected chi connectivity index (χ2v) is 15.9. The Balaban J connectivity index is -0.000000464. The van der Waals surface area contributed by atoms with Gasteiger partial charge in [-0.05, 0) is 87.1 Å². The summed E-state index contributed by atoms with van der Waals surface area (Å²) in [6.45, 7) is 18.6. The lowest BCUT2D eigenvalue weighted by Crippen LogP contribution is -2.35. The van der Waals surface area contributed by atoms with E-state index in [2.05, 4.69) is 24.8 Å². The van der Waals surface area contributed by atoms with E-state index in [1.54, 1.807) is 44.3 Å². The predicted octanol–water partition coefficient (Wildman–Crippen LogP) is 5.64. The number of aromatic carboxylic acids is 4. The van der Waals surface area contributed by atoms with E-state index in [1.807, 2.05) is 33.8 Å². The zero-order chi connectivity index (χ0) is 68.5. The molecule has 1 amide bonds. The number of rotatable bonds is 13. The van der Waals surface area contributed by atoms with E-state index < -0.39 is 35.8 Å². The second-order valence-electron chi connectivity index (χ2n) is 14.7. The van der Waals surface area contributed by atoms with Gasteiger partial charge < -0.3 is 46.0 Å². The molecule has 6 N–H and O–H groups in total. The molecule has 0 saturated heterocycles. The van der Waals surface area contributed by atoms with Crippen LogP contribution in [0.2, 0.25) is 15.1 Å². The van der Waals surface area contributed by atoms with Crippen molar-refractivity contribution in [2.75, 3.05) is 13.2 Å². The highest BCUT2D eigenvalue weighted by Gasteiger charge is 2.18. The van der Waals surface area contributed by atoms with Crippen LogP contribution in [0, 0.1) is 17.0 Å². The summed E-state index contributed by atoms with van der Waals surface area (Å²) >= 11 is 16.7. The van der Waals surface area contributed by atoms with Crippen LogP contribution in [-0.4, -0.2) is 120 Å². The maximum absolute atomic E-state index is 11.3. The quantitative estimate of drug-likeness (QED) is 0.0404. The van der Waals surface area contributed by atoms with Gasteiger partial charge in [-0.25, -0.2) is 48.6 Å². The van der Waals surface area contributed by atoms with Crippen LogP contribution in [0.1, 0.15) is 137 Å². The van der Waals surface area contributed by atoms with Gasteiger partial charge in [0.1, 0.15) is 5.69 Å². The molecule has 0 spiro atoms. The molecule has 6 aromatic rings. The molecular weight excluding hydrogens is 1230 g/mol. The number of nitrogens with zero attached hydrogens (tertiary/aromatic N) is 7. The van der Waals surface area contributed by atoms with E-state index in [4.69, 9.17) is 115 Å². The fourth-order valence-corrected chi connectivity index (χ4v) is 5.91. The standard InChI is InChI=1S/C10H13NO3.C10H13NO2.C8H8ClNO2.C8H9NO3.C7H5ClN2O3.C7H3ClN2O2.4CO2/c1-3-8-5-6-9(11(13)7-8)10(12)14-4-2;1-3-8-5-6-9(11-7-8)10(12)13-4-2;1-2-5-3-6(9)7(8(11)12)10-4-5;1-2-6-3-4-7(8(10)11)9(12)5-6;8-4-1-3(6(9)11)2-10-5(4)7(12)13;1-9-4-2-5(8)6(7(11)12)10-3-4;4*2-1-3/h5-7H,3-4H2,1-2H3;5-7H,3-4H2,1-2H3;3-4H,2H2,1H3,(H,11,12);3-5H,2H2,1H3,(H,10,11);1-2H,(H2,9,11)(H,12,13);2-3H,(H,11,12);;;;. The number of esters is 2. The molecule has 0 aromatic carbocycles. The number of carboxylic acid groups (broad SMARTS) is 4. The monoisotopic (exact) mass is 1280 g/mol. The summed E-state index contributed by atoms with van der Waals surface area (Å²) in [4.78, 5) is 157. The van der Waals surface area contributed by atoms with Gasteiger partial charge in [0.25, 0.3) is 0 Å². The van der Waals surface area contributed by atoms with Crippen molar-refractivity contribution < 1.29 is 111 Å². The van der Waals surface area contributed by atoms with E-state index in [9.17, 15) is 44.0 Å². The maximum atomic E-state index is 11.3. The number of aryl methyl sites for hydroxylation is 4. The first kappa shape index (κ1) is 83.1. The van der Waals surface area contributed by atoms with Crippen molar-refractivity contribution in [1.29, 1.82) is 0 Å². The summed E-state index contributed by atoms with van der Waals surface area (Å²) < 4.78 is 10.5. The number of nitrogens with two attached hydrogens (primary N) is 1. The minimum atomic E-state index is -1.25. The molecule has 0 saturated carbocycles. The number of carboxylic acids is 4. The molecule has 0 unspecified atom stereocenters. The largest absolute Gasteiger partial charge is 0.618 e. The van der Waals surface area contributed by atoms with Crippen molar-refractivity contribution in [3.05, 3.63) is 191 Å². The third-order valence-corrected chi connectivity index (χ3v) is 10.0. The summed E-state index contributed by atoms with van der Waals surface area (Å²) in [6, 6.07) is 13.8. The number of pyridine rings is 6. The highest BCUT2D eigenvalue weighted by atomic mass is 35.5. The van der Waals surface area contributed by atoms with Gasteiger partial charge >= 0.3 is 71.8 Å². The van der Waals surface area contributed by atoms with Gasteiger partial charge in [-0.15, -0.1) is 0 Å². The van der Waals surface area contributed by atoms with Gasteiger partial charge in [-0.3, -0.25) is 9.78 Å². The lowest BCUT2D eigenvalue weighted by atomic mass is 10.2. The van der Waals surface area contributed by atoms with E-state index in [0.717, 1.165) is 54.1 Å². The van der Waals surface area contributed by atoms with Crippen LogP contribution in [0.3, 0.4) is 0 Å². The SMILES string of the molecule is CCOC(=O)c1ccc(CC)c[n+]1[O-].CCOC(=O)c1ccc(CC)cn1.CCc1ccc(C(=O)O)[n+]([O-])c1.CCc1cnc(C(=O)O)c(Cl)c1.NC(=O)c1cnc(C(=O)O)c(Cl)c1.O=C=O.O=C=O.O=C=O.O=C=O.[C-]#[N+]c1cnc(C(=O)O)c(Cl)c1. The highest BCUT2D eigenvalue weighted by molar-refractivity contribution is 6.34. The number of carbonyl (C=O) groups excluding carboxylic acids is 11. The number of hydrogen-bond acceptors (Lipinski definition) is 23. The van der Waals surface area contributed by atoms with E-state index in [0.29, 0.717) is 21.8 Å². The topological polar surface area (TPSA) is 491 Å². The molecule has 0 fully saturated rings. The van der Waals surface area contributed by atoms with Crippen molar-refractivity contribution in [2.24, 2.45) is 5.73 Å². The molecule has 34 heteroatoms. The number of aromatic nitrogens is 6. The Morgan fingerprint density at radius 1 is 0.511 bits per heavy atom. The summed E-state index contributed by atoms with van der Waals surface area (Å²) in [6.07, 6.45) is 12.4. The molecule has 88 heavy (non-hydrogen) atoms. The predicted molar refractivity (Wildman–Crippen MR) is 295 cm³/mol. The number of ether oxygens (including phenoxy) is 2. The van der Waals surface area contributed by atoms with Gasteiger partial charge in [-0.1, -0.05) is 68.6 Å². The van der Waals surface area contributed by atoms with Gasteiger partial charge in [0.05, 0.1) is 40.4 Å². The summed E-state index contributed by atoms with van der Waals surface area (Å²) in [5.74, 6) is -6.38. The lowest BCUT2D eigenvalue weighted by Gasteiger charge is -2.04. The molecule has 0 bridgehead atoms. The van der Waals surface area contributed by atoms with Gasteiger partial charge in [0.15, 0.2) is 29.5 Å². The fourth-order valence-electron chi connectivity index (χ4n) is 5.16. The Hall–Kier alpha value is -11.3. The maximum Gasteiger partial charge on any atom is 0.404 e. The number of halogens is 3. The fraction of sp³-hybridized carbons (Fsp3) is 0.222. The summed E-state index contributed by atoms with van der Waals surface area (Å²) in [7, 11) is 0. The van der Waals surface area contributed by atoms with Crippen molar-refractivity contribution in [1.82, 2.24) is 19.9 Å². The molecule has 0 atom stereocenters. The Labute approximate surface area is 512 Å². The lowest BCUT2D eigenvalue weighted by molar-refractivity contribution is -0.609. The molecule has 0 aliphatic rings. The number of amides is 1. The van der Waals surface area contributed by atoms with Crippen molar-refractivity contribution >= 4 is 107 Å². The first-order valence-electron chi connectivity index (χ1n) is 23.9. The van der Waals surface area contributed by atoms with E-state index >= 15 is 0 Å². The Morgan fingerprint density at radius 3 is 1.19 bits per heavy atom. The van der Waals surface area contributed by atoms with Crippen LogP contribution in [0.5, 0.6) is 0 Å². The van der Waals surface area contributed by atoms with Crippen LogP contribution < -0.4 is 15.2 Å². The molecule has 6 aromatic heterocycles. The average molecular weight is 1290 g/mol. The molecule has 0 radical (unpaired) electrons. The minimum absolute atomic E-state index is 0.0176. The van der Waals surface area contributed by atoms with Crippen molar-refractivity contribution in [2.45, 2.75) is 67.2 Å². The smallest absolute Gasteiger partial charge is 0.404 e. The zero-order valence-corrected chi connectivity index (χ0v) is 49.1. The molecular formula is C54H51Cl3N8O23. The molecule has 466 valence electrons. The van der Waals surface area contributed by atoms with Gasteiger partial charge in [0.2, 0.25) is 11.6 Å². The third kappa shape index (κ3) is 35.0. The van der Waals surface area contributed by atoms with E-state index in [-0.39, 0.29) is 92.0 Å². The molecule has 6 heterocycles. The Bertz CT molecular complexity index is 3340. The first-order valence-corrected chi connectivity index (χ1v) is 25.0. The van der Waals surface area contributed by atoms with E-state index in [1.165, 1.54) is 49.1 Å². The first-order chi connectivity index (χ1) is 41.6. The minimum Gasteiger partial charge on any atom is -0.618 e. The average Bonchev–Trinajstić information content (AvgIpc) is 3.67. The normalized spacial score (nSPS) is 8.68. The Morgan fingerprint density at radius 2 is 0.875 bits per heavy atom. The van der Waals surface area contributed by atoms with Crippen LogP contribution in [0.4, 0.5) is 5.69 Å². The van der Waals surface area contributed by atoms with Crippen LogP contribution >= 0.6 is 34.8 Å². The number of primary amides is 1. The molecule has 31 nitrogen and oxygen atoms in total. The van der Waals surface area contributed by atoms with Gasteiger partial charge in [-0.2, -0.15) is 47.8 Å². The van der Waals surface area contributed by atoms with Crippen LogP contribution in [0.15, 0.2) is 91.8 Å². The summed E-state index contributed by atoms with van der Waals surface area (Å²) in [5, 5.41) is 56.5. The molecule has 6 rings (SSSR count). The number of hydrogen-bond donors (Lipinski definition) is 5. The van der Waals surface area contributed by atoms with Crippen molar-refractivity contribution in [3.63, 3.8) is 0 Å². The second kappa shape index (κ2) is 49.1. The van der Waals surface area contributed by atoms with Crippen molar-refractivity contribution in [3.8, 4) is 0 Å². The molecule has 0 aliphatic carbocycles. The van der Waals surface area contributed by atoms with Crippen LogP contribution in [-0.2, 0) is 73.5 Å². The molecule has 0 aliphatic heterocycles. The highest BCUT2D eigenvalue weighted by Crippen LogP contribution is 2.20. The summed E-state index contributed by atoms with van der Waals surface area (Å²) in [5.41, 5.74) is 8.55.